The predicted molar refractivity (Wildman–Crippen MR) is 88.5 cm³/mol. The molecule has 0 aliphatic heterocycles. The molecule has 2 heteroatoms. The summed E-state index contributed by atoms with van der Waals surface area (Å²) in [4.78, 5) is 0. The van der Waals surface area contributed by atoms with E-state index in [0.29, 0.717) is 5.92 Å². The minimum atomic E-state index is -0.00746. The van der Waals surface area contributed by atoms with Crippen molar-refractivity contribution in [2.24, 2.45) is 17.6 Å². The molecule has 1 saturated carbocycles. The first-order valence-electron chi connectivity index (χ1n) is 8.14. The molecule has 0 saturated heterocycles. The molecule has 0 radical (unpaired) electrons. The molecular weight excluding hydrogens is 258 g/mol. The van der Waals surface area contributed by atoms with E-state index in [0.717, 1.165) is 23.7 Å². The van der Waals surface area contributed by atoms with Gasteiger partial charge in [0.15, 0.2) is 0 Å². The Hall–Kier alpha value is -1.28. The molecule has 3 unspecified atom stereocenters. The predicted octanol–water partition coefficient (Wildman–Crippen LogP) is 4.78. The number of furan rings is 1. The second-order valence-electron chi connectivity index (χ2n) is 7.56. The molecule has 0 spiro atoms. The lowest BCUT2D eigenvalue weighted by Gasteiger charge is -2.41. The van der Waals surface area contributed by atoms with Crippen LogP contribution >= 0.6 is 0 Å². The fraction of sp³-hybridized carbons (Fsp3) is 0.579. The summed E-state index contributed by atoms with van der Waals surface area (Å²) in [5, 5.41) is 1.20. The smallest absolute Gasteiger partial charge is 0.134 e. The summed E-state index contributed by atoms with van der Waals surface area (Å²) in [5.41, 5.74) is 8.72. The van der Waals surface area contributed by atoms with E-state index < -0.39 is 0 Å². The van der Waals surface area contributed by atoms with E-state index >= 15 is 0 Å². The lowest BCUT2D eigenvalue weighted by Crippen LogP contribution is -2.45. The Labute approximate surface area is 127 Å². The highest BCUT2D eigenvalue weighted by atomic mass is 16.3. The lowest BCUT2D eigenvalue weighted by atomic mass is 9.65. The van der Waals surface area contributed by atoms with Gasteiger partial charge in [0.05, 0.1) is 0 Å². The van der Waals surface area contributed by atoms with Crippen molar-refractivity contribution in [1.82, 2.24) is 0 Å². The second-order valence-corrected chi connectivity index (χ2v) is 7.56. The first kappa shape index (κ1) is 14.6. The second kappa shape index (κ2) is 5.17. The number of hydrogen-bond donors (Lipinski definition) is 1. The van der Waals surface area contributed by atoms with Crippen LogP contribution in [0.4, 0.5) is 0 Å². The third-order valence-corrected chi connectivity index (χ3v) is 5.40. The van der Waals surface area contributed by atoms with Crippen LogP contribution < -0.4 is 5.73 Å². The van der Waals surface area contributed by atoms with E-state index in [2.05, 4.69) is 52.0 Å². The highest BCUT2D eigenvalue weighted by molar-refractivity contribution is 5.79. The van der Waals surface area contributed by atoms with Gasteiger partial charge in [-0.05, 0) is 49.8 Å². The van der Waals surface area contributed by atoms with Crippen molar-refractivity contribution in [2.75, 3.05) is 0 Å². The van der Waals surface area contributed by atoms with E-state index in [1.54, 1.807) is 0 Å². The Morgan fingerprint density at radius 2 is 1.95 bits per heavy atom. The number of nitrogens with two attached hydrogens (primary N) is 1. The fourth-order valence-corrected chi connectivity index (χ4v) is 3.98. The Balaban J connectivity index is 1.95. The molecule has 1 aromatic carbocycles. The molecule has 114 valence electrons. The van der Waals surface area contributed by atoms with E-state index in [4.69, 9.17) is 10.2 Å². The molecule has 3 atom stereocenters. The van der Waals surface area contributed by atoms with Crippen LogP contribution in [0.2, 0.25) is 0 Å². The minimum Gasteiger partial charge on any atom is -0.460 e. The molecule has 2 N–H and O–H groups in total. The van der Waals surface area contributed by atoms with Crippen molar-refractivity contribution in [2.45, 2.75) is 58.4 Å². The number of aryl methyl sites for hydroxylation is 1. The van der Waals surface area contributed by atoms with Gasteiger partial charge in [-0.2, -0.15) is 0 Å². The molecule has 21 heavy (non-hydrogen) atoms. The van der Waals surface area contributed by atoms with Crippen molar-refractivity contribution < 1.29 is 4.42 Å². The summed E-state index contributed by atoms with van der Waals surface area (Å²) >= 11 is 0. The largest absolute Gasteiger partial charge is 0.460 e. The van der Waals surface area contributed by atoms with Crippen LogP contribution in [0.3, 0.4) is 0 Å². The highest BCUT2D eigenvalue weighted by Crippen LogP contribution is 2.43. The van der Waals surface area contributed by atoms with Gasteiger partial charge in [0.2, 0.25) is 0 Å². The van der Waals surface area contributed by atoms with Crippen molar-refractivity contribution in [3.05, 3.63) is 35.6 Å². The summed E-state index contributed by atoms with van der Waals surface area (Å²) in [5.74, 6) is 2.33. The SMILES string of the molecule is Cc1ccc2oc(C(C)(C)C3CCC(C)CC3N)cc2c1. The fourth-order valence-electron chi connectivity index (χ4n) is 3.98. The zero-order chi connectivity index (χ0) is 15.2. The monoisotopic (exact) mass is 285 g/mol. The molecule has 1 aliphatic rings. The van der Waals surface area contributed by atoms with Crippen LogP contribution in [0.25, 0.3) is 11.0 Å². The molecule has 0 amide bonds. The lowest BCUT2D eigenvalue weighted by molar-refractivity contribution is 0.154. The third-order valence-electron chi connectivity index (χ3n) is 5.40. The molecular formula is C19H27NO. The molecule has 2 aromatic rings. The van der Waals surface area contributed by atoms with E-state index in [9.17, 15) is 0 Å². The standard InChI is InChI=1S/C19H27NO/c1-12-6-8-17-14(9-12)11-18(21-17)19(3,4)15-7-5-13(2)10-16(15)20/h6,8-9,11,13,15-16H,5,7,10,20H2,1-4H3. The van der Waals surface area contributed by atoms with E-state index in [1.165, 1.54) is 23.8 Å². The highest BCUT2D eigenvalue weighted by Gasteiger charge is 2.40. The van der Waals surface area contributed by atoms with Gasteiger partial charge in [-0.1, -0.05) is 38.8 Å². The van der Waals surface area contributed by atoms with Gasteiger partial charge in [-0.3, -0.25) is 0 Å². The Morgan fingerprint density at radius 3 is 2.67 bits per heavy atom. The van der Waals surface area contributed by atoms with E-state index in [-0.39, 0.29) is 11.5 Å². The van der Waals surface area contributed by atoms with Crippen molar-refractivity contribution in [1.29, 1.82) is 0 Å². The first-order valence-corrected chi connectivity index (χ1v) is 8.14. The molecule has 2 nitrogen and oxygen atoms in total. The molecule has 1 aliphatic carbocycles. The van der Waals surface area contributed by atoms with E-state index in [1.807, 2.05) is 0 Å². The minimum absolute atomic E-state index is 0.00746. The zero-order valence-corrected chi connectivity index (χ0v) is 13.6. The number of benzene rings is 1. The maximum Gasteiger partial charge on any atom is 0.134 e. The summed E-state index contributed by atoms with van der Waals surface area (Å²) < 4.78 is 6.16. The van der Waals surface area contributed by atoms with Crippen LogP contribution in [0, 0.1) is 18.8 Å². The molecule has 3 rings (SSSR count). The molecule has 1 fully saturated rings. The number of fused-ring (bicyclic) bond motifs is 1. The van der Waals surface area contributed by atoms with Gasteiger partial charge in [0.1, 0.15) is 11.3 Å². The van der Waals surface area contributed by atoms with Crippen LogP contribution in [0.1, 0.15) is 51.4 Å². The van der Waals surface area contributed by atoms with Gasteiger partial charge >= 0.3 is 0 Å². The van der Waals surface area contributed by atoms with Crippen LogP contribution in [0.15, 0.2) is 28.7 Å². The topological polar surface area (TPSA) is 39.2 Å². The summed E-state index contributed by atoms with van der Waals surface area (Å²) in [7, 11) is 0. The quantitative estimate of drug-likeness (QED) is 0.862. The van der Waals surface area contributed by atoms with Crippen LogP contribution in [-0.4, -0.2) is 6.04 Å². The van der Waals surface area contributed by atoms with Gasteiger partial charge in [-0.25, -0.2) is 0 Å². The molecule has 0 bridgehead atoms. The maximum absolute atomic E-state index is 6.47. The van der Waals surface area contributed by atoms with Crippen molar-refractivity contribution in [3.63, 3.8) is 0 Å². The van der Waals surface area contributed by atoms with Gasteiger partial charge < -0.3 is 10.2 Å². The Morgan fingerprint density at radius 1 is 1.19 bits per heavy atom. The van der Waals surface area contributed by atoms with Gasteiger partial charge in [0.25, 0.3) is 0 Å². The average Bonchev–Trinajstić information content (AvgIpc) is 2.81. The third kappa shape index (κ3) is 2.62. The first-order chi connectivity index (χ1) is 9.88. The van der Waals surface area contributed by atoms with Crippen LogP contribution in [0.5, 0.6) is 0 Å². The van der Waals surface area contributed by atoms with Crippen molar-refractivity contribution in [3.8, 4) is 0 Å². The summed E-state index contributed by atoms with van der Waals surface area (Å²) in [6.45, 7) is 9.01. The Kier molecular flexibility index (Phi) is 3.61. The van der Waals surface area contributed by atoms with Crippen molar-refractivity contribution >= 4 is 11.0 Å². The molecule has 1 heterocycles. The average molecular weight is 285 g/mol. The molecule has 1 aromatic heterocycles. The Bertz CT molecular complexity index is 640. The van der Waals surface area contributed by atoms with Gasteiger partial charge in [-0.15, -0.1) is 0 Å². The zero-order valence-electron chi connectivity index (χ0n) is 13.6. The maximum atomic E-state index is 6.47. The van der Waals surface area contributed by atoms with Gasteiger partial charge in [0, 0.05) is 16.8 Å². The number of rotatable bonds is 2. The van der Waals surface area contributed by atoms with Crippen LogP contribution in [-0.2, 0) is 5.41 Å². The number of hydrogen-bond acceptors (Lipinski definition) is 2. The summed E-state index contributed by atoms with van der Waals surface area (Å²) in [6, 6.07) is 8.87. The summed E-state index contributed by atoms with van der Waals surface area (Å²) in [6.07, 6.45) is 3.61. The normalized spacial score (nSPS) is 27.2.